The second kappa shape index (κ2) is 12.3. The molecule has 196 valence electrons. The predicted molar refractivity (Wildman–Crippen MR) is 139 cm³/mol. The summed E-state index contributed by atoms with van der Waals surface area (Å²) in [7, 11) is -3.55. The lowest BCUT2D eigenvalue weighted by Crippen LogP contribution is -2.49. The molecule has 0 radical (unpaired) electrons. The Morgan fingerprint density at radius 2 is 1.72 bits per heavy atom. The second-order valence-electron chi connectivity index (χ2n) is 9.54. The first-order chi connectivity index (χ1) is 17.1. The molecule has 1 aliphatic rings. The number of nitrogens with zero attached hydrogens (tertiary/aromatic N) is 2. The van der Waals surface area contributed by atoms with Gasteiger partial charge >= 0.3 is 0 Å². The Labute approximate surface area is 213 Å². The second-order valence-corrected chi connectivity index (χ2v) is 11.4. The van der Waals surface area contributed by atoms with E-state index in [1.54, 1.807) is 31.2 Å². The summed E-state index contributed by atoms with van der Waals surface area (Å²) in [6.07, 6.45) is 5.54. The van der Waals surface area contributed by atoms with Gasteiger partial charge in [-0.3, -0.25) is 13.9 Å². The number of hydrogen-bond acceptors (Lipinski definition) is 4. The van der Waals surface area contributed by atoms with E-state index in [0.717, 1.165) is 37.5 Å². The van der Waals surface area contributed by atoms with Gasteiger partial charge in [0.05, 0.1) is 11.9 Å². The minimum atomic E-state index is -3.55. The highest BCUT2D eigenvalue weighted by molar-refractivity contribution is 7.92. The number of para-hydroxylation sites is 1. The molecule has 2 aromatic carbocycles. The summed E-state index contributed by atoms with van der Waals surface area (Å²) in [6, 6.07) is 12.5. The predicted octanol–water partition coefficient (Wildman–Crippen LogP) is 4.16. The highest BCUT2D eigenvalue weighted by Gasteiger charge is 2.29. The minimum Gasteiger partial charge on any atom is -0.352 e. The highest BCUT2D eigenvalue weighted by atomic mass is 32.2. The molecule has 2 amide bonds. The fourth-order valence-corrected chi connectivity index (χ4v) is 5.61. The third-order valence-corrected chi connectivity index (χ3v) is 7.85. The zero-order valence-corrected chi connectivity index (χ0v) is 22.1. The van der Waals surface area contributed by atoms with Crippen molar-refractivity contribution in [3.05, 3.63) is 65.5 Å². The summed E-state index contributed by atoms with van der Waals surface area (Å²) in [5, 5.41) is 3.05. The first-order valence-electron chi connectivity index (χ1n) is 12.4. The van der Waals surface area contributed by atoms with Gasteiger partial charge in [-0.15, -0.1) is 0 Å². The van der Waals surface area contributed by atoms with Crippen LogP contribution in [0.25, 0.3) is 0 Å². The number of halogens is 1. The Kier molecular flexibility index (Phi) is 9.48. The molecule has 9 heteroatoms. The molecule has 0 aliphatic heterocycles. The van der Waals surface area contributed by atoms with Crippen LogP contribution < -0.4 is 9.62 Å². The number of amides is 2. The Morgan fingerprint density at radius 1 is 1.08 bits per heavy atom. The molecule has 0 saturated heterocycles. The molecule has 0 heterocycles. The number of hydrogen-bond donors (Lipinski definition) is 1. The van der Waals surface area contributed by atoms with Crippen molar-refractivity contribution >= 4 is 27.5 Å². The monoisotopic (exact) mass is 517 g/mol. The van der Waals surface area contributed by atoms with Crippen LogP contribution in [0.1, 0.15) is 56.6 Å². The summed E-state index contributed by atoms with van der Waals surface area (Å²) >= 11 is 0. The number of aryl methyl sites for hydroxylation is 1. The number of anilines is 1. The maximum Gasteiger partial charge on any atom is 0.242 e. The van der Waals surface area contributed by atoms with Crippen molar-refractivity contribution in [3.63, 3.8) is 0 Å². The van der Waals surface area contributed by atoms with Gasteiger partial charge in [-0.1, -0.05) is 43.2 Å². The minimum absolute atomic E-state index is 0.0696. The zero-order chi connectivity index (χ0) is 26.3. The van der Waals surface area contributed by atoms with Crippen molar-refractivity contribution in [2.45, 2.75) is 71.0 Å². The molecular weight excluding hydrogens is 481 g/mol. The molecule has 1 fully saturated rings. The number of carbonyl (C=O) groups excluding carboxylic acids is 2. The summed E-state index contributed by atoms with van der Waals surface area (Å²) in [4.78, 5) is 27.8. The van der Waals surface area contributed by atoms with Gasteiger partial charge in [0.1, 0.15) is 11.9 Å². The van der Waals surface area contributed by atoms with Gasteiger partial charge in [0.25, 0.3) is 0 Å². The molecule has 1 saturated carbocycles. The first kappa shape index (κ1) is 27.6. The van der Waals surface area contributed by atoms with E-state index >= 15 is 0 Å². The van der Waals surface area contributed by atoms with E-state index in [1.807, 2.05) is 19.1 Å². The number of carbonyl (C=O) groups is 2. The molecule has 1 atom stereocenters. The molecule has 3 rings (SSSR count). The van der Waals surface area contributed by atoms with Crippen molar-refractivity contribution in [1.29, 1.82) is 0 Å². The van der Waals surface area contributed by atoms with Crippen LogP contribution >= 0.6 is 0 Å². The van der Waals surface area contributed by atoms with Gasteiger partial charge in [0, 0.05) is 25.6 Å². The molecule has 1 aliphatic carbocycles. The van der Waals surface area contributed by atoms with Gasteiger partial charge in [-0.2, -0.15) is 0 Å². The van der Waals surface area contributed by atoms with E-state index in [1.165, 1.54) is 21.3 Å². The van der Waals surface area contributed by atoms with Crippen LogP contribution in [0.2, 0.25) is 0 Å². The SMILES string of the molecule is Cc1ccccc1N(CCCC(=O)N(Cc1ccc(F)cc1)C(C)C(=O)NC1CCCC1)S(C)(=O)=O. The number of rotatable bonds is 11. The van der Waals surface area contributed by atoms with Crippen molar-refractivity contribution in [2.24, 2.45) is 0 Å². The van der Waals surface area contributed by atoms with E-state index in [0.29, 0.717) is 11.3 Å². The van der Waals surface area contributed by atoms with E-state index in [-0.39, 0.29) is 49.6 Å². The molecule has 2 aromatic rings. The van der Waals surface area contributed by atoms with E-state index in [9.17, 15) is 22.4 Å². The van der Waals surface area contributed by atoms with Crippen molar-refractivity contribution < 1.29 is 22.4 Å². The molecule has 0 bridgehead atoms. The van der Waals surface area contributed by atoms with Gasteiger partial charge in [0.15, 0.2) is 0 Å². The van der Waals surface area contributed by atoms with E-state index in [4.69, 9.17) is 0 Å². The Bertz CT molecular complexity index is 1150. The standard InChI is InChI=1S/C27H36FN3O4S/c1-20-9-4-7-12-25(20)31(36(3,34)35)18-8-13-26(32)30(19-22-14-16-23(28)17-15-22)21(2)27(33)29-24-10-5-6-11-24/h4,7,9,12,14-17,21,24H,5-6,8,10-11,13,18-19H2,1-3H3,(H,29,33). The van der Waals surface area contributed by atoms with Gasteiger partial charge in [0.2, 0.25) is 21.8 Å². The summed E-state index contributed by atoms with van der Waals surface area (Å²) < 4.78 is 39.7. The molecule has 0 spiro atoms. The van der Waals surface area contributed by atoms with Crippen molar-refractivity contribution in [1.82, 2.24) is 10.2 Å². The lowest BCUT2D eigenvalue weighted by molar-refractivity contribution is -0.141. The lowest BCUT2D eigenvalue weighted by Gasteiger charge is -2.30. The van der Waals surface area contributed by atoms with Crippen molar-refractivity contribution in [2.75, 3.05) is 17.1 Å². The van der Waals surface area contributed by atoms with Gasteiger partial charge in [-0.05, 0) is 62.4 Å². The maximum atomic E-state index is 13.4. The van der Waals surface area contributed by atoms with Crippen LogP contribution in [0.4, 0.5) is 10.1 Å². The van der Waals surface area contributed by atoms with Crippen LogP contribution in [0.15, 0.2) is 48.5 Å². The molecular formula is C27H36FN3O4S. The lowest BCUT2D eigenvalue weighted by atomic mass is 10.1. The number of benzene rings is 2. The van der Waals surface area contributed by atoms with Crippen LogP contribution in [-0.4, -0.2) is 50.0 Å². The normalized spacial score (nSPS) is 14.9. The fourth-order valence-electron chi connectivity index (χ4n) is 4.59. The molecule has 1 N–H and O–H groups in total. The smallest absolute Gasteiger partial charge is 0.242 e. The Morgan fingerprint density at radius 3 is 2.33 bits per heavy atom. The molecule has 1 unspecified atom stereocenters. The maximum absolute atomic E-state index is 13.4. The highest BCUT2D eigenvalue weighted by Crippen LogP contribution is 2.23. The van der Waals surface area contributed by atoms with Gasteiger partial charge < -0.3 is 10.2 Å². The van der Waals surface area contributed by atoms with E-state index < -0.39 is 16.1 Å². The number of nitrogens with one attached hydrogen (secondary N) is 1. The summed E-state index contributed by atoms with van der Waals surface area (Å²) in [5.41, 5.74) is 2.12. The molecule has 36 heavy (non-hydrogen) atoms. The van der Waals surface area contributed by atoms with Crippen LogP contribution in [0.5, 0.6) is 0 Å². The fraction of sp³-hybridized carbons (Fsp3) is 0.481. The zero-order valence-electron chi connectivity index (χ0n) is 21.2. The average Bonchev–Trinajstić information content (AvgIpc) is 3.34. The van der Waals surface area contributed by atoms with Gasteiger partial charge in [-0.25, -0.2) is 12.8 Å². The topological polar surface area (TPSA) is 86.8 Å². The third kappa shape index (κ3) is 7.53. The van der Waals surface area contributed by atoms with Crippen LogP contribution in [0, 0.1) is 12.7 Å². The average molecular weight is 518 g/mol. The summed E-state index contributed by atoms with van der Waals surface area (Å²) in [6.45, 7) is 3.84. The first-order valence-corrected chi connectivity index (χ1v) is 14.3. The van der Waals surface area contributed by atoms with Crippen LogP contribution in [0.3, 0.4) is 0 Å². The Balaban J connectivity index is 1.72. The Hall–Kier alpha value is -2.94. The van der Waals surface area contributed by atoms with Crippen LogP contribution in [-0.2, 0) is 26.2 Å². The third-order valence-electron chi connectivity index (χ3n) is 6.67. The molecule has 7 nitrogen and oxygen atoms in total. The molecule has 0 aromatic heterocycles. The van der Waals surface area contributed by atoms with Crippen molar-refractivity contribution in [3.8, 4) is 0 Å². The summed E-state index contributed by atoms with van der Waals surface area (Å²) in [5.74, 6) is -0.845. The quantitative estimate of drug-likeness (QED) is 0.485. The largest absolute Gasteiger partial charge is 0.352 e. The van der Waals surface area contributed by atoms with E-state index in [2.05, 4.69) is 5.32 Å². The number of sulfonamides is 1.